The van der Waals surface area contributed by atoms with Crippen LogP contribution in [0, 0.1) is 0 Å². The molecule has 0 fully saturated rings. The lowest BCUT2D eigenvalue weighted by Gasteiger charge is -2.22. The number of alkyl halides is 2. The molecule has 5 nitrogen and oxygen atoms in total. The molecule has 0 radical (unpaired) electrons. The topological polar surface area (TPSA) is 58.1 Å². The Morgan fingerprint density at radius 3 is 2.35 bits per heavy atom. The van der Waals surface area contributed by atoms with E-state index in [2.05, 4.69) is 4.98 Å². The first kappa shape index (κ1) is 14.1. The largest absolute Gasteiger partial charge is 0.363 e. The fourth-order valence-electron chi connectivity index (χ4n) is 1.57. The summed E-state index contributed by atoms with van der Waals surface area (Å²) in [5, 5.41) is 0. The van der Waals surface area contributed by atoms with Crippen LogP contribution < -0.4 is 16.1 Å². The number of rotatable bonds is 6. The van der Waals surface area contributed by atoms with Gasteiger partial charge in [-0.05, 0) is 6.92 Å². The fraction of sp³-hybridized carbons (Fsp3) is 0.600. The second-order valence-electron chi connectivity index (χ2n) is 3.39. The molecule has 1 rings (SSSR count). The molecule has 0 aliphatic rings. The minimum Gasteiger partial charge on any atom is -0.363 e. The summed E-state index contributed by atoms with van der Waals surface area (Å²) >= 11 is 11.3. The van der Waals surface area contributed by atoms with Crippen molar-refractivity contribution in [3.05, 3.63) is 27.0 Å². The van der Waals surface area contributed by atoms with Gasteiger partial charge in [0.1, 0.15) is 5.69 Å². The highest BCUT2D eigenvalue weighted by molar-refractivity contribution is 6.18. The van der Waals surface area contributed by atoms with Gasteiger partial charge in [-0.25, -0.2) is 4.79 Å². The van der Waals surface area contributed by atoms with Gasteiger partial charge >= 0.3 is 5.69 Å². The van der Waals surface area contributed by atoms with E-state index >= 15 is 0 Å². The lowest BCUT2D eigenvalue weighted by Crippen LogP contribution is -2.40. The number of aromatic nitrogens is 2. The van der Waals surface area contributed by atoms with Crippen molar-refractivity contribution < 1.29 is 0 Å². The summed E-state index contributed by atoms with van der Waals surface area (Å²) in [5.74, 6) is 0.781. The standard InChI is InChI=1S/C10H15Cl2N3O2/c1-2-15-9(16)8(7-13-10(15)17)14(5-3-11)6-4-12/h7H,2-6H2,1H3,(H,13,17). The molecule has 0 aliphatic heterocycles. The van der Waals surface area contributed by atoms with Gasteiger partial charge in [0.2, 0.25) is 0 Å². The van der Waals surface area contributed by atoms with E-state index in [9.17, 15) is 9.59 Å². The van der Waals surface area contributed by atoms with E-state index in [1.54, 1.807) is 11.8 Å². The maximum Gasteiger partial charge on any atom is 0.328 e. The number of anilines is 1. The molecule has 0 aliphatic carbocycles. The molecule has 0 bridgehead atoms. The number of hydrogen-bond acceptors (Lipinski definition) is 3. The van der Waals surface area contributed by atoms with Crippen LogP contribution in [-0.4, -0.2) is 34.4 Å². The average Bonchev–Trinajstić information content (AvgIpc) is 2.30. The van der Waals surface area contributed by atoms with Crippen LogP contribution in [0.4, 0.5) is 5.69 Å². The zero-order valence-corrected chi connectivity index (χ0v) is 11.1. The minimum absolute atomic E-state index is 0.313. The van der Waals surface area contributed by atoms with Crippen molar-refractivity contribution >= 4 is 28.9 Å². The summed E-state index contributed by atoms with van der Waals surface area (Å²) in [4.78, 5) is 27.7. The summed E-state index contributed by atoms with van der Waals surface area (Å²) < 4.78 is 1.14. The van der Waals surface area contributed by atoms with Gasteiger partial charge < -0.3 is 9.88 Å². The molecule has 1 aromatic heterocycles. The molecule has 1 aromatic rings. The van der Waals surface area contributed by atoms with Crippen molar-refractivity contribution in [2.75, 3.05) is 29.7 Å². The number of aromatic amines is 1. The molecule has 96 valence electrons. The first-order chi connectivity index (χ1) is 8.15. The lowest BCUT2D eigenvalue weighted by atomic mass is 10.4. The third-order valence-electron chi connectivity index (χ3n) is 2.41. The van der Waals surface area contributed by atoms with Crippen molar-refractivity contribution in [1.29, 1.82) is 0 Å². The molecule has 0 atom stereocenters. The predicted octanol–water partition coefficient (Wildman–Crippen LogP) is 0.840. The van der Waals surface area contributed by atoms with Crippen molar-refractivity contribution in [2.45, 2.75) is 13.5 Å². The van der Waals surface area contributed by atoms with Crippen LogP contribution in [0.5, 0.6) is 0 Å². The molecular weight excluding hydrogens is 265 g/mol. The van der Waals surface area contributed by atoms with Crippen LogP contribution in [-0.2, 0) is 6.54 Å². The van der Waals surface area contributed by atoms with E-state index in [4.69, 9.17) is 23.2 Å². The normalized spacial score (nSPS) is 10.5. The number of halogens is 2. The Morgan fingerprint density at radius 2 is 1.88 bits per heavy atom. The smallest absolute Gasteiger partial charge is 0.328 e. The monoisotopic (exact) mass is 279 g/mol. The van der Waals surface area contributed by atoms with Crippen molar-refractivity contribution in [2.24, 2.45) is 0 Å². The molecule has 0 amide bonds. The predicted molar refractivity (Wildman–Crippen MR) is 70.6 cm³/mol. The molecule has 0 saturated carbocycles. The van der Waals surface area contributed by atoms with Gasteiger partial charge in [-0.15, -0.1) is 23.2 Å². The third kappa shape index (κ3) is 3.26. The third-order valence-corrected chi connectivity index (χ3v) is 2.75. The Hall–Kier alpha value is -0.940. The Labute approximate surface area is 109 Å². The Kier molecular flexibility index (Phi) is 5.58. The van der Waals surface area contributed by atoms with E-state index in [-0.39, 0.29) is 5.56 Å². The highest BCUT2D eigenvalue weighted by atomic mass is 35.5. The number of nitrogens with one attached hydrogen (secondary N) is 1. The minimum atomic E-state index is -0.405. The second-order valence-corrected chi connectivity index (χ2v) is 4.15. The van der Waals surface area contributed by atoms with E-state index < -0.39 is 5.69 Å². The van der Waals surface area contributed by atoms with Gasteiger partial charge in [-0.2, -0.15) is 0 Å². The van der Waals surface area contributed by atoms with Crippen molar-refractivity contribution in [3.8, 4) is 0 Å². The highest BCUT2D eigenvalue weighted by Gasteiger charge is 2.12. The molecule has 0 unspecified atom stereocenters. The van der Waals surface area contributed by atoms with Crippen LogP contribution in [0.15, 0.2) is 15.8 Å². The quantitative estimate of drug-likeness (QED) is 0.786. The van der Waals surface area contributed by atoms with Crippen LogP contribution in [0.25, 0.3) is 0 Å². The summed E-state index contributed by atoms with van der Waals surface area (Å²) in [6.07, 6.45) is 1.41. The highest BCUT2D eigenvalue weighted by Crippen LogP contribution is 2.05. The average molecular weight is 280 g/mol. The van der Waals surface area contributed by atoms with Crippen LogP contribution in [0.1, 0.15) is 6.92 Å². The SMILES string of the molecule is CCn1c(=O)[nH]cc(N(CCCl)CCCl)c1=O. The summed E-state index contributed by atoms with van der Waals surface area (Å²) in [6, 6.07) is 0. The fourth-order valence-corrected chi connectivity index (χ4v) is 1.98. The molecule has 7 heteroatoms. The number of H-pyrrole nitrogens is 1. The molecule has 0 saturated heterocycles. The summed E-state index contributed by atoms with van der Waals surface area (Å²) in [5.41, 5.74) is -0.294. The maximum absolute atomic E-state index is 12.0. The first-order valence-corrected chi connectivity index (χ1v) is 6.42. The first-order valence-electron chi connectivity index (χ1n) is 5.35. The molecular formula is C10H15Cl2N3O2. The van der Waals surface area contributed by atoms with Gasteiger partial charge in [-0.3, -0.25) is 9.36 Å². The molecule has 0 aromatic carbocycles. The molecule has 17 heavy (non-hydrogen) atoms. The Balaban J connectivity index is 3.20. The summed E-state index contributed by atoms with van der Waals surface area (Å²) in [7, 11) is 0. The van der Waals surface area contributed by atoms with E-state index in [1.807, 2.05) is 0 Å². The van der Waals surface area contributed by atoms with Crippen LogP contribution in [0.2, 0.25) is 0 Å². The molecule has 1 N–H and O–H groups in total. The lowest BCUT2D eigenvalue weighted by molar-refractivity contribution is 0.666. The second kappa shape index (κ2) is 6.71. The van der Waals surface area contributed by atoms with Crippen LogP contribution >= 0.6 is 23.2 Å². The zero-order chi connectivity index (χ0) is 12.8. The van der Waals surface area contributed by atoms with Gasteiger partial charge in [0, 0.05) is 37.6 Å². The van der Waals surface area contributed by atoms with Gasteiger partial charge in [0.25, 0.3) is 5.56 Å². The Bertz CT molecular complexity index is 463. The van der Waals surface area contributed by atoms with Crippen molar-refractivity contribution in [1.82, 2.24) is 9.55 Å². The Morgan fingerprint density at radius 1 is 1.29 bits per heavy atom. The van der Waals surface area contributed by atoms with E-state index in [1.165, 1.54) is 6.20 Å². The van der Waals surface area contributed by atoms with Crippen molar-refractivity contribution in [3.63, 3.8) is 0 Å². The van der Waals surface area contributed by atoms with E-state index in [0.717, 1.165) is 4.57 Å². The number of nitrogens with zero attached hydrogens (tertiary/aromatic N) is 2. The van der Waals surface area contributed by atoms with Gasteiger partial charge in [-0.1, -0.05) is 0 Å². The summed E-state index contributed by atoms with van der Waals surface area (Å²) in [6.45, 7) is 3.10. The van der Waals surface area contributed by atoms with Crippen LogP contribution in [0.3, 0.4) is 0 Å². The maximum atomic E-state index is 12.0. The molecule has 0 spiro atoms. The van der Waals surface area contributed by atoms with Gasteiger partial charge in [0.05, 0.1) is 0 Å². The molecule has 1 heterocycles. The van der Waals surface area contributed by atoms with Gasteiger partial charge in [0.15, 0.2) is 0 Å². The zero-order valence-electron chi connectivity index (χ0n) is 9.58. The number of hydrogen-bond donors (Lipinski definition) is 1. The van der Waals surface area contributed by atoms with E-state index in [0.29, 0.717) is 37.1 Å².